The summed E-state index contributed by atoms with van der Waals surface area (Å²) in [5.41, 5.74) is 8.82. The molecule has 32 heavy (non-hydrogen) atoms. The van der Waals surface area contributed by atoms with Gasteiger partial charge < -0.3 is 9.88 Å². The topological polar surface area (TPSA) is 36.1 Å². The number of hydrogen-bond acceptors (Lipinski definition) is 1. The molecule has 1 N–H and O–H groups in total. The molecular weight excluding hydrogens is 392 g/mol. The number of H-pyrrole nitrogens is 1. The van der Waals surface area contributed by atoms with E-state index in [4.69, 9.17) is 0 Å². The highest BCUT2D eigenvalue weighted by molar-refractivity contribution is 5.93. The number of carbonyl (C=O) groups is 1. The van der Waals surface area contributed by atoms with Crippen LogP contribution in [0.5, 0.6) is 0 Å². The number of para-hydroxylation sites is 1. The van der Waals surface area contributed by atoms with Gasteiger partial charge in [-0.2, -0.15) is 0 Å². The average Bonchev–Trinajstić information content (AvgIpc) is 3.46. The van der Waals surface area contributed by atoms with Crippen molar-refractivity contribution in [3.63, 3.8) is 0 Å². The Labute approximate surface area is 188 Å². The lowest BCUT2D eigenvalue weighted by atomic mass is 9.90. The Bertz CT molecular complexity index is 1330. The number of aromatic amines is 1. The van der Waals surface area contributed by atoms with Crippen molar-refractivity contribution in [3.05, 3.63) is 112 Å². The fourth-order valence-electron chi connectivity index (χ4n) is 5.41. The molecule has 1 unspecified atom stereocenters. The summed E-state index contributed by atoms with van der Waals surface area (Å²) < 4.78 is 0. The van der Waals surface area contributed by atoms with Crippen LogP contribution in [-0.2, 0) is 24.1 Å². The Hall–Kier alpha value is -3.59. The van der Waals surface area contributed by atoms with Gasteiger partial charge in [0.05, 0.1) is 6.04 Å². The Morgan fingerprint density at radius 2 is 1.72 bits per heavy atom. The summed E-state index contributed by atoms with van der Waals surface area (Å²) in [5.74, 6) is 0.0589. The first-order valence-corrected chi connectivity index (χ1v) is 11.5. The number of nitrogens with one attached hydrogen (secondary N) is 1. The first-order valence-electron chi connectivity index (χ1n) is 11.5. The SMILES string of the molecule is O=C(C=Cc1ccccc1)N1CCc2c([nH]c3ccccc23)C1c1ccc2c(c1)CCC2. The van der Waals surface area contributed by atoms with E-state index < -0.39 is 0 Å². The molecule has 6 rings (SSSR count). The maximum atomic E-state index is 13.4. The largest absolute Gasteiger partial charge is 0.356 e. The summed E-state index contributed by atoms with van der Waals surface area (Å²) >= 11 is 0. The number of hydrogen-bond donors (Lipinski definition) is 1. The van der Waals surface area contributed by atoms with Gasteiger partial charge in [0.25, 0.3) is 0 Å². The molecule has 0 fully saturated rings. The molecule has 4 aromatic rings. The van der Waals surface area contributed by atoms with Gasteiger partial charge in [-0.3, -0.25) is 4.79 Å². The molecule has 2 aliphatic rings. The van der Waals surface area contributed by atoms with Crippen molar-refractivity contribution in [1.82, 2.24) is 9.88 Å². The lowest BCUT2D eigenvalue weighted by Crippen LogP contribution is -2.39. The maximum Gasteiger partial charge on any atom is 0.247 e. The molecule has 1 aliphatic heterocycles. The molecule has 1 atom stereocenters. The van der Waals surface area contributed by atoms with Crippen molar-refractivity contribution in [3.8, 4) is 0 Å². The first kappa shape index (κ1) is 19.1. The molecule has 3 aromatic carbocycles. The van der Waals surface area contributed by atoms with Crippen molar-refractivity contribution in [2.45, 2.75) is 31.7 Å². The highest BCUT2D eigenvalue weighted by Crippen LogP contribution is 2.39. The molecule has 0 saturated heterocycles. The second-order valence-corrected chi connectivity index (χ2v) is 8.87. The van der Waals surface area contributed by atoms with Crippen molar-refractivity contribution >= 4 is 22.9 Å². The number of aromatic nitrogens is 1. The second-order valence-electron chi connectivity index (χ2n) is 8.87. The zero-order valence-corrected chi connectivity index (χ0v) is 18.1. The summed E-state index contributed by atoms with van der Waals surface area (Å²) in [4.78, 5) is 19.1. The van der Waals surface area contributed by atoms with Gasteiger partial charge in [-0.15, -0.1) is 0 Å². The molecule has 1 amide bonds. The predicted molar refractivity (Wildman–Crippen MR) is 130 cm³/mol. The number of aryl methyl sites for hydroxylation is 2. The minimum atomic E-state index is -0.0926. The number of carbonyl (C=O) groups excluding carboxylic acids is 1. The molecule has 3 heteroatoms. The van der Waals surface area contributed by atoms with Gasteiger partial charge in [0.2, 0.25) is 5.91 Å². The molecule has 1 aliphatic carbocycles. The van der Waals surface area contributed by atoms with Crippen LogP contribution in [0.2, 0.25) is 0 Å². The second kappa shape index (κ2) is 7.83. The normalized spacial score (nSPS) is 17.6. The number of nitrogens with zero attached hydrogens (tertiary/aromatic N) is 1. The van der Waals surface area contributed by atoms with Crippen molar-refractivity contribution in [2.75, 3.05) is 6.54 Å². The fraction of sp³-hybridized carbons (Fsp3) is 0.207. The van der Waals surface area contributed by atoms with Crippen molar-refractivity contribution in [2.24, 2.45) is 0 Å². The molecule has 2 heterocycles. The van der Waals surface area contributed by atoms with E-state index in [1.807, 2.05) is 41.3 Å². The third-order valence-corrected chi connectivity index (χ3v) is 6.97. The smallest absolute Gasteiger partial charge is 0.247 e. The molecule has 0 spiro atoms. The van der Waals surface area contributed by atoms with Crippen molar-refractivity contribution < 1.29 is 4.79 Å². The van der Waals surface area contributed by atoms with E-state index in [9.17, 15) is 4.79 Å². The zero-order valence-electron chi connectivity index (χ0n) is 18.1. The fourth-order valence-corrected chi connectivity index (χ4v) is 5.41. The molecule has 1 aromatic heterocycles. The van der Waals surface area contributed by atoms with Gasteiger partial charge in [0.15, 0.2) is 0 Å². The standard InChI is InChI=1S/C29H26N2O/c32-27(16-13-20-7-2-1-3-8-20)31-18-17-25-24-11-4-5-12-26(24)30-28(25)29(31)23-15-14-21-9-6-10-22(21)19-23/h1-5,7-8,11-16,19,29-30H,6,9-10,17-18H2. The minimum absolute atomic E-state index is 0.0589. The molecule has 0 bridgehead atoms. The van der Waals surface area contributed by atoms with E-state index in [0.717, 1.165) is 29.6 Å². The first-order chi connectivity index (χ1) is 15.8. The Morgan fingerprint density at radius 1 is 0.906 bits per heavy atom. The molecule has 3 nitrogen and oxygen atoms in total. The maximum absolute atomic E-state index is 13.4. The number of rotatable bonds is 3. The van der Waals surface area contributed by atoms with E-state index in [-0.39, 0.29) is 11.9 Å². The molecule has 0 saturated carbocycles. The van der Waals surface area contributed by atoms with E-state index in [0.29, 0.717) is 6.54 Å². The average molecular weight is 419 g/mol. The van der Waals surface area contributed by atoms with Crippen LogP contribution in [0.15, 0.2) is 78.9 Å². The number of amides is 1. The Balaban J connectivity index is 1.44. The van der Waals surface area contributed by atoms with E-state index in [2.05, 4.69) is 47.4 Å². The monoisotopic (exact) mass is 418 g/mol. The Kier molecular flexibility index (Phi) is 4.68. The van der Waals surface area contributed by atoms with Gasteiger partial charge in [0.1, 0.15) is 0 Å². The van der Waals surface area contributed by atoms with Crippen LogP contribution >= 0.6 is 0 Å². The van der Waals surface area contributed by atoms with E-state index in [1.54, 1.807) is 6.08 Å². The van der Waals surface area contributed by atoms with Gasteiger partial charge in [-0.05, 0) is 65.6 Å². The highest BCUT2D eigenvalue weighted by Gasteiger charge is 2.34. The third kappa shape index (κ3) is 3.25. The summed E-state index contributed by atoms with van der Waals surface area (Å²) in [6, 6.07) is 25.3. The van der Waals surface area contributed by atoms with Crippen LogP contribution in [-0.4, -0.2) is 22.3 Å². The summed E-state index contributed by atoms with van der Waals surface area (Å²) in [5, 5.41) is 1.28. The van der Waals surface area contributed by atoms with Crippen LogP contribution in [0.1, 0.15) is 46.0 Å². The number of benzene rings is 3. The van der Waals surface area contributed by atoms with E-state index >= 15 is 0 Å². The lowest BCUT2D eigenvalue weighted by molar-refractivity contribution is -0.128. The van der Waals surface area contributed by atoms with E-state index in [1.165, 1.54) is 40.5 Å². The molecule has 0 radical (unpaired) electrons. The molecular formula is C29H26N2O. The molecule has 158 valence electrons. The van der Waals surface area contributed by atoms with Crippen LogP contribution in [0.25, 0.3) is 17.0 Å². The highest BCUT2D eigenvalue weighted by atomic mass is 16.2. The van der Waals surface area contributed by atoms with Gasteiger partial charge >= 0.3 is 0 Å². The van der Waals surface area contributed by atoms with Crippen LogP contribution in [0.3, 0.4) is 0 Å². The summed E-state index contributed by atoms with van der Waals surface area (Å²) in [6.07, 6.45) is 8.04. The van der Waals surface area contributed by atoms with Crippen LogP contribution in [0.4, 0.5) is 0 Å². The van der Waals surface area contributed by atoms with Gasteiger partial charge in [-0.25, -0.2) is 0 Å². The van der Waals surface area contributed by atoms with Crippen molar-refractivity contribution in [1.29, 1.82) is 0 Å². The van der Waals surface area contributed by atoms with Gasteiger partial charge in [-0.1, -0.05) is 66.7 Å². The van der Waals surface area contributed by atoms with Crippen LogP contribution in [0, 0.1) is 0 Å². The number of fused-ring (bicyclic) bond motifs is 4. The summed E-state index contributed by atoms with van der Waals surface area (Å²) in [6.45, 7) is 0.717. The third-order valence-electron chi connectivity index (χ3n) is 6.97. The summed E-state index contributed by atoms with van der Waals surface area (Å²) in [7, 11) is 0. The predicted octanol–water partition coefficient (Wildman–Crippen LogP) is 5.84. The lowest BCUT2D eigenvalue weighted by Gasteiger charge is -2.36. The quantitative estimate of drug-likeness (QED) is 0.417. The Morgan fingerprint density at radius 3 is 2.62 bits per heavy atom. The van der Waals surface area contributed by atoms with Gasteiger partial charge in [0, 0.05) is 29.2 Å². The minimum Gasteiger partial charge on any atom is -0.356 e. The zero-order chi connectivity index (χ0) is 21.5. The van der Waals surface area contributed by atoms with Crippen LogP contribution < -0.4 is 0 Å².